The Bertz CT molecular complexity index is 2270. The Labute approximate surface area is 332 Å². The average molecular weight is 775 g/mol. The van der Waals surface area contributed by atoms with Crippen LogP contribution in [0.15, 0.2) is 85.2 Å². The number of benzene rings is 4. The second-order valence-electron chi connectivity index (χ2n) is 14.6. The Balaban J connectivity index is 1.24. The highest BCUT2D eigenvalue weighted by Crippen LogP contribution is 2.40. The number of carbonyl (C=O) groups is 1. The molecule has 10 nitrogen and oxygen atoms in total. The number of carboxylic acids is 1. The highest BCUT2D eigenvalue weighted by atomic mass is 35.5. The van der Waals surface area contributed by atoms with Crippen molar-refractivity contribution in [2.45, 2.75) is 65.0 Å². The third-order valence-electron chi connectivity index (χ3n) is 10.8. The van der Waals surface area contributed by atoms with E-state index in [1.54, 1.807) is 24.4 Å². The van der Waals surface area contributed by atoms with E-state index in [1.165, 1.54) is 40.9 Å². The molecule has 0 aliphatic heterocycles. The zero-order chi connectivity index (χ0) is 40.0. The smallest absolute Gasteiger partial charge is 0.326 e. The molecule has 1 aromatic heterocycles. The highest BCUT2D eigenvalue weighted by molar-refractivity contribution is 6.32. The summed E-state index contributed by atoms with van der Waals surface area (Å²) in [6.45, 7) is 6.17. The van der Waals surface area contributed by atoms with Gasteiger partial charge in [-0.3, -0.25) is 20.0 Å². The van der Waals surface area contributed by atoms with Crippen LogP contribution >= 0.6 is 11.6 Å². The van der Waals surface area contributed by atoms with Crippen molar-refractivity contribution in [2.75, 3.05) is 26.8 Å². The van der Waals surface area contributed by atoms with E-state index in [-0.39, 0.29) is 26.4 Å². The van der Waals surface area contributed by atoms with Gasteiger partial charge in [0.2, 0.25) is 0 Å². The monoisotopic (exact) mass is 774 g/mol. The van der Waals surface area contributed by atoms with Gasteiger partial charge in [-0.15, -0.1) is 0 Å². The lowest BCUT2D eigenvalue weighted by Gasteiger charge is -2.25. The molecule has 0 saturated carbocycles. The van der Waals surface area contributed by atoms with E-state index in [0.717, 1.165) is 35.1 Å². The number of aryl methyl sites for hydroxylation is 1. The molecule has 11 heteroatoms. The second-order valence-corrected chi connectivity index (χ2v) is 15.0. The normalized spacial score (nSPS) is 14.6. The molecular formula is C45H47ClN4O6. The first-order chi connectivity index (χ1) is 27.0. The Morgan fingerprint density at radius 1 is 0.964 bits per heavy atom. The van der Waals surface area contributed by atoms with Crippen molar-refractivity contribution in [3.05, 3.63) is 135 Å². The van der Waals surface area contributed by atoms with Gasteiger partial charge in [0.1, 0.15) is 36.3 Å². The van der Waals surface area contributed by atoms with Crippen molar-refractivity contribution in [3.63, 3.8) is 0 Å². The minimum absolute atomic E-state index is 0.0305. The van der Waals surface area contributed by atoms with Crippen LogP contribution in [-0.4, -0.2) is 63.5 Å². The van der Waals surface area contributed by atoms with Gasteiger partial charge in [0, 0.05) is 48.7 Å². The van der Waals surface area contributed by atoms with Crippen molar-refractivity contribution in [2.24, 2.45) is 0 Å². The molecule has 2 atom stereocenters. The molecule has 0 fully saturated rings. The maximum Gasteiger partial charge on any atom is 0.326 e. The summed E-state index contributed by atoms with van der Waals surface area (Å²) in [5.41, 5.74) is 10.6. The van der Waals surface area contributed by atoms with Gasteiger partial charge in [-0.25, -0.2) is 0 Å². The summed E-state index contributed by atoms with van der Waals surface area (Å²) in [5, 5.41) is 41.5. The molecule has 5 aromatic rings. The minimum Gasteiger partial charge on any atom is -0.488 e. The standard InChI is InChI=1S/C45H47ClN4O6/c1-28-34(7-5-9-37(28)38-10-6-8-36(29(38)2)32-11-13-39-33(18-32)12-14-41(39)50(4)15-16-51)26-56-43-20-42(55-25-31-17-30(21-47)22-48-23-31)35(19-40(43)46)24-49-45(3,27-52)44(53)54/h5-11,13,17-20,22-23,41,49,51-52H,12,14-16,24-27H2,1-4H3,(H,53,54)/t41?,45-/m0/s1. The van der Waals surface area contributed by atoms with E-state index >= 15 is 0 Å². The average Bonchev–Trinajstić information content (AvgIpc) is 3.63. The third-order valence-corrected chi connectivity index (χ3v) is 11.1. The molecule has 4 aromatic carbocycles. The van der Waals surface area contributed by atoms with Crippen LogP contribution in [0.4, 0.5) is 0 Å². The molecule has 0 radical (unpaired) electrons. The maximum absolute atomic E-state index is 11.9. The van der Waals surface area contributed by atoms with E-state index < -0.39 is 18.1 Å². The predicted octanol–water partition coefficient (Wildman–Crippen LogP) is 7.55. The van der Waals surface area contributed by atoms with Gasteiger partial charge in [0.25, 0.3) is 0 Å². The molecule has 1 aliphatic rings. The van der Waals surface area contributed by atoms with Crippen LogP contribution in [0.5, 0.6) is 11.5 Å². The number of nitriles is 1. The molecule has 56 heavy (non-hydrogen) atoms. The second kappa shape index (κ2) is 17.7. The number of likely N-dealkylation sites (N-methyl/N-ethyl adjacent to an activating group) is 1. The summed E-state index contributed by atoms with van der Waals surface area (Å²) in [4.78, 5) is 18.2. The Kier molecular flexibility index (Phi) is 12.7. The lowest BCUT2D eigenvalue weighted by molar-refractivity contribution is -0.145. The van der Waals surface area contributed by atoms with Crippen molar-refractivity contribution >= 4 is 17.6 Å². The number of fused-ring (bicyclic) bond motifs is 1. The summed E-state index contributed by atoms with van der Waals surface area (Å²) < 4.78 is 12.5. The molecule has 290 valence electrons. The van der Waals surface area contributed by atoms with E-state index in [2.05, 4.69) is 84.6 Å². The minimum atomic E-state index is -1.59. The van der Waals surface area contributed by atoms with Gasteiger partial charge in [-0.05, 0) is 103 Å². The fraction of sp³-hybridized carbons (Fsp3) is 0.311. The van der Waals surface area contributed by atoms with Crippen LogP contribution in [0.25, 0.3) is 22.3 Å². The number of nitrogens with one attached hydrogen (secondary N) is 1. The van der Waals surface area contributed by atoms with Crippen molar-refractivity contribution in [3.8, 4) is 39.8 Å². The van der Waals surface area contributed by atoms with Crippen LogP contribution in [0.2, 0.25) is 5.02 Å². The summed E-state index contributed by atoms with van der Waals surface area (Å²) in [6, 6.07) is 26.8. The largest absolute Gasteiger partial charge is 0.488 e. The molecule has 0 spiro atoms. The number of aliphatic carboxylic acids is 1. The number of nitrogens with zero attached hydrogens (tertiary/aromatic N) is 3. The molecule has 0 bridgehead atoms. The SMILES string of the molecule is Cc1c(COc2cc(OCc3cncc(C#N)c3)c(CN[C@@](C)(CO)C(=O)O)cc2Cl)cccc1-c1cccc(-c2ccc3c(c2)CCC3N(C)CCO)c1C. The molecular weight excluding hydrogens is 728 g/mol. The number of pyridine rings is 1. The van der Waals surface area contributed by atoms with Crippen molar-refractivity contribution in [1.29, 1.82) is 5.26 Å². The van der Waals surface area contributed by atoms with E-state index in [9.17, 15) is 25.4 Å². The van der Waals surface area contributed by atoms with Crippen LogP contribution in [0.1, 0.15) is 63.9 Å². The highest BCUT2D eigenvalue weighted by Gasteiger charge is 2.32. The number of rotatable bonds is 16. The Hall–Kier alpha value is -5.28. The maximum atomic E-state index is 11.9. The van der Waals surface area contributed by atoms with E-state index in [1.807, 2.05) is 12.1 Å². The Morgan fingerprint density at radius 3 is 2.43 bits per heavy atom. The third kappa shape index (κ3) is 8.73. The summed E-state index contributed by atoms with van der Waals surface area (Å²) in [6.07, 6.45) is 5.14. The Morgan fingerprint density at radius 2 is 1.70 bits per heavy atom. The van der Waals surface area contributed by atoms with Crippen molar-refractivity contribution < 1.29 is 29.6 Å². The summed E-state index contributed by atoms with van der Waals surface area (Å²) in [5.74, 6) is -0.434. The molecule has 0 amide bonds. The summed E-state index contributed by atoms with van der Waals surface area (Å²) in [7, 11) is 2.08. The molecule has 0 saturated heterocycles. The number of aliphatic hydroxyl groups excluding tert-OH is 2. The zero-order valence-corrected chi connectivity index (χ0v) is 32.9. The van der Waals surface area contributed by atoms with E-state index in [0.29, 0.717) is 45.8 Å². The predicted molar refractivity (Wildman–Crippen MR) is 217 cm³/mol. The lowest BCUT2D eigenvalue weighted by Crippen LogP contribution is -2.52. The number of ether oxygens (including phenoxy) is 2. The lowest BCUT2D eigenvalue weighted by atomic mass is 9.89. The van der Waals surface area contributed by atoms with Crippen LogP contribution < -0.4 is 14.8 Å². The van der Waals surface area contributed by atoms with Gasteiger partial charge in [0.15, 0.2) is 0 Å². The number of aliphatic hydroxyl groups is 2. The molecule has 4 N–H and O–H groups in total. The molecule has 1 heterocycles. The van der Waals surface area contributed by atoms with Crippen LogP contribution in [0.3, 0.4) is 0 Å². The van der Waals surface area contributed by atoms with Crippen LogP contribution in [0, 0.1) is 25.2 Å². The first-order valence-electron chi connectivity index (χ1n) is 18.6. The molecule has 1 aliphatic carbocycles. The molecule has 1 unspecified atom stereocenters. The van der Waals surface area contributed by atoms with E-state index in [4.69, 9.17) is 21.1 Å². The molecule has 6 rings (SSSR count). The first-order valence-corrected chi connectivity index (χ1v) is 19.0. The van der Waals surface area contributed by atoms with Crippen molar-refractivity contribution in [1.82, 2.24) is 15.2 Å². The number of hydrogen-bond donors (Lipinski definition) is 4. The first kappa shape index (κ1) is 40.4. The van der Waals surface area contributed by atoms with Crippen LogP contribution in [-0.2, 0) is 31.0 Å². The number of hydrogen-bond acceptors (Lipinski definition) is 9. The van der Waals surface area contributed by atoms with Gasteiger partial charge in [-0.2, -0.15) is 5.26 Å². The number of carboxylic acid groups (broad SMARTS) is 1. The topological polar surface area (TPSA) is 148 Å². The number of aromatic nitrogens is 1. The fourth-order valence-electron chi connectivity index (χ4n) is 7.30. The van der Waals surface area contributed by atoms with Gasteiger partial charge < -0.3 is 24.8 Å². The zero-order valence-electron chi connectivity index (χ0n) is 32.1. The summed E-state index contributed by atoms with van der Waals surface area (Å²) >= 11 is 6.77. The fourth-order valence-corrected chi connectivity index (χ4v) is 7.54. The number of halogens is 1. The quantitative estimate of drug-likeness (QED) is 0.0792. The van der Waals surface area contributed by atoms with Gasteiger partial charge >= 0.3 is 5.97 Å². The van der Waals surface area contributed by atoms with Gasteiger partial charge in [0.05, 0.1) is 23.8 Å². The van der Waals surface area contributed by atoms with Gasteiger partial charge in [-0.1, -0.05) is 66.2 Å².